The molecule has 390 valence electrons. The average Bonchev–Trinajstić information content (AvgIpc) is 3.33. The number of nitrogens with one attached hydrogen (secondary N) is 4. The molecule has 3 aromatic rings. The Morgan fingerprint density at radius 1 is 0.732 bits per heavy atom. The van der Waals surface area contributed by atoms with Gasteiger partial charge >= 0.3 is 16.1 Å². The molecule has 0 saturated carbocycles. The number of aliphatic hydroxyl groups is 1. The van der Waals surface area contributed by atoms with Crippen LogP contribution in [-0.4, -0.2) is 149 Å². The van der Waals surface area contributed by atoms with E-state index in [1.165, 1.54) is 0 Å². The first-order valence-corrected chi connectivity index (χ1v) is 24.9. The molecule has 3 aromatic carbocycles. The van der Waals surface area contributed by atoms with Crippen LogP contribution in [0.1, 0.15) is 65.0 Å². The van der Waals surface area contributed by atoms with Gasteiger partial charge < -0.3 is 50.4 Å². The quantitative estimate of drug-likeness (QED) is 0.0545. The highest BCUT2D eigenvalue weighted by atomic mass is 32.2. The first-order chi connectivity index (χ1) is 33.6. The van der Waals surface area contributed by atoms with Crippen molar-refractivity contribution in [2.45, 2.75) is 101 Å². The maximum absolute atomic E-state index is 14.4. The van der Waals surface area contributed by atoms with E-state index >= 15 is 0 Å². The molecule has 1 heterocycles. The van der Waals surface area contributed by atoms with Crippen molar-refractivity contribution >= 4 is 45.5 Å². The van der Waals surface area contributed by atoms with Crippen LogP contribution in [0.5, 0.6) is 17.2 Å². The number of amides is 4. The summed E-state index contributed by atoms with van der Waals surface area (Å²) in [5.74, 6) is -5.92. The van der Waals surface area contributed by atoms with Crippen LogP contribution in [0.25, 0.3) is 0 Å². The summed E-state index contributed by atoms with van der Waals surface area (Å²) in [6.45, 7) is 8.57. The number of methoxy groups -OCH3 is 2. The van der Waals surface area contributed by atoms with E-state index in [1.807, 2.05) is 49.1 Å². The predicted octanol–water partition coefficient (Wildman–Crippen LogP) is 2.43. The fourth-order valence-corrected chi connectivity index (χ4v) is 9.02. The zero-order chi connectivity index (χ0) is 52.3. The molecule has 0 aliphatic carbocycles. The van der Waals surface area contributed by atoms with Crippen molar-refractivity contribution in [3.8, 4) is 17.2 Å². The number of carboxylic acids is 1. The number of morpholine rings is 1. The van der Waals surface area contributed by atoms with Crippen LogP contribution in [0.4, 0.5) is 0 Å². The molecule has 0 aromatic heterocycles. The fraction of sp³-hybridized carbons (Fsp3) is 0.520. The van der Waals surface area contributed by atoms with Crippen molar-refractivity contribution in [3.05, 3.63) is 83.9 Å². The van der Waals surface area contributed by atoms with E-state index in [9.17, 15) is 42.3 Å². The maximum Gasteiger partial charge on any atom is 0.341 e. The third-order valence-corrected chi connectivity index (χ3v) is 12.7. The van der Waals surface area contributed by atoms with Gasteiger partial charge in [-0.05, 0) is 55.6 Å². The maximum atomic E-state index is 14.4. The summed E-state index contributed by atoms with van der Waals surface area (Å²) < 4.78 is 53.6. The van der Waals surface area contributed by atoms with Gasteiger partial charge in [-0.15, -0.1) is 0 Å². The summed E-state index contributed by atoms with van der Waals surface area (Å²) in [5.41, 5.74) is -0.946. The molecule has 1 aliphatic rings. The number of benzene rings is 3. The SMILES string of the molecule is COc1cc(OCC(=O)O)cc(OC)c1S(=O)(=O)OCC(C)(O)C(=O)C(CC(C)C)NC(=O)C(Cc1ccccc1)NC(=O)C(CC(C)C)NC(=O)C(CCc1ccccc1)NC(=O)CN1CCOCC1. The molecular weight excluding hydrogens is 943 g/mol. The molecule has 5 unspecified atom stereocenters. The largest absolute Gasteiger partial charge is 0.495 e. The lowest BCUT2D eigenvalue weighted by molar-refractivity contribution is -0.143. The van der Waals surface area contributed by atoms with Gasteiger partial charge in [-0.1, -0.05) is 88.4 Å². The zero-order valence-electron chi connectivity index (χ0n) is 41.4. The Morgan fingerprint density at radius 3 is 1.79 bits per heavy atom. The Bertz CT molecular complexity index is 2340. The number of ether oxygens (including phenoxy) is 4. The lowest BCUT2D eigenvalue weighted by atomic mass is 9.90. The normalized spacial score (nSPS) is 15.6. The second-order valence-corrected chi connectivity index (χ2v) is 19.9. The minimum Gasteiger partial charge on any atom is -0.495 e. The van der Waals surface area contributed by atoms with E-state index in [2.05, 4.69) is 21.3 Å². The standard InChI is InChI=1S/C50H69N5O15S/c1-32(2)24-38(46(59)50(5,63)31-70-71(64,65)45-41(66-6)27-36(28-42(45)67-7)69-30-44(57)58)52-49(62)40(26-35-16-12-9-13-17-35)54-48(61)39(25-33(3)4)53-47(60)37(19-18-34-14-10-8-11-15-34)51-43(56)29-55-20-22-68-23-21-55/h8-17,27-28,32-33,37-40,63H,18-26,29-31H2,1-7H3,(H,51,56)(H,52,62)(H,53,60)(H,54,61)(H,57,58). The van der Waals surface area contributed by atoms with Crippen molar-refractivity contribution < 1.29 is 70.5 Å². The van der Waals surface area contributed by atoms with E-state index in [-0.39, 0.29) is 67.2 Å². The van der Waals surface area contributed by atoms with Crippen LogP contribution >= 0.6 is 0 Å². The van der Waals surface area contributed by atoms with Gasteiger partial charge in [-0.3, -0.25) is 33.1 Å². The number of aryl methyl sites for hydroxylation is 1. The van der Waals surface area contributed by atoms with Crippen molar-refractivity contribution in [1.29, 1.82) is 0 Å². The van der Waals surface area contributed by atoms with Crippen LogP contribution in [0.3, 0.4) is 0 Å². The number of carbonyl (C=O) groups excluding carboxylic acids is 5. The molecule has 1 aliphatic heterocycles. The Morgan fingerprint density at radius 2 is 1.24 bits per heavy atom. The molecule has 4 amide bonds. The lowest BCUT2D eigenvalue weighted by Gasteiger charge is -2.30. The zero-order valence-corrected chi connectivity index (χ0v) is 42.3. The number of hydrogen-bond acceptors (Lipinski definition) is 15. The summed E-state index contributed by atoms with van der Waals surface area (Å²) in [6, 6.07) is 15.5. The number of carboxylic acid groups (broad SMARTS) is 1. The molecule has 0 spiro atoms. The van der Waals surface area contributed by atoms with Gasteiger partial charge in [0.1, 0.15) is 47.6 Å². The number of aliphatic carboxylic acids is 1. The average molecular weight is 1010 g/mol. The monoisotopic (exact) mass is 1010 g/mol. The molecule has 6 N–H and O–H groups in total. The topological polar surface area (TPSA) is 275 Å². The Labute approximate surface area is 415 Å². The highest BCUT2D eigenvalue weighted by molar-refractivity contribution is 7.87. The molecule has 21 heteroatoms. The van der Waals surface area contributed by atoms with Gasteiger partial charge in [0.25, 0.3) is 0 Å². The van der Waals surface area contributed by atoms with Crippen molar-refractivity contribution in [2.24, 2.45) is 11.8 Å². The molecular formula is C50H69N5O15S. The second-order valence-electron chi connectivity index (χ2n) is 18.4. The summed E-state index contributed by atoms with van der Waals surface area (Å²) in [5, 5.41) is 31.8. The van der Waals surface area contributed by atoms with Crippen molar-refractivity contribution in [1.82, 2.24) is 26.2 Å². The third-order valence-electron chi connectivity index (χ3n) is 11.4. The first kappa shape index (κ1) is 57.4. The molecule has 71 heavy (non-hydrogen) atoms. The van der Waals surface area contributed by atoms with Crippen LogP contribution in [0.15, 0.2) is 77.7 Å². The second kappa shape index (κ2) is 27.5. The van der Waals surface area contributed by atoms with Gasteiger partial charge in [0.15, 0.2) is 17.3 Å². The van der Waals surface area contributed by atoms with Crippen molar-refractivity contribution in [3.63, 3.8) is 0 Å². The summed E-state index contributed by atoms with van der Waals surface area (Å²) in [6.07, 6.45) is 0.763. The Balaban J connectivity index is 1.57. The molecule has 1 saturated heterocycles. The highest BCUT2D eigenvalue weighted by Gasteiger charge is 2.41. The molecule has 20 nitrogen and oxygen atoms in total. The van der Waals surface area contributed by atoms with E-state index < -0.39 is 87.5 Å². The minimum atomic E-state index is -4.88. The fourth-order valence-electron chi connectivity index (χ4n) is 7.74. The molecule has 4 rings (SSSR count). The van der Waals surface area contributed by atoms with Gasteiger partial charge in [-0.25, -0.2) is 4.79 Å². The van der Waals surface area contributed by atoms with Gasteiger partial charge in [0, 0.05) is 31.6 Å². The van der Waals surface area contributed by atoms with E-state index in [4.69, 9.17) is 28.2 Å². The van der Waals surface area contributed by atoms with Crippen molar-refractivity contribution in [2.75, 3.05) is 60.3 Å². The first-order valence-electron chi connectivity index (χ1n) is 23.5. The third kappa shape index (κ3) is 18.5. The highest BCUT2D eigenvalue weighted by Crippen LogP contribution is 2.39. The number of nitrogens with zero attached hydrogens (tertiary/aromatic N) is 1. The Kier molecular flexibility index (Phi) is 22.2. The van der Waals surface area contributed by atoms with Crippen LogP contribution in [0.2, 0.25) is 0 Å². The summed E-state index contributed by atoms with van der Waals surface area (Å²) in [4.78, 5) is 82.9. The molecule has 0 radical (unpaired) electrons. The number of hydrogen-bond donors (Lipinski definition) is 6. The van der Waals surface area contributed by atoms with E-state index in [0.29, 0.717) is 38.3 Å². The smallest absolute Gasteiger partial charge is 0.341 e. The predicted molar refractivity (Wildman–Crippen MR) is 260 cm³/mol. The summed E-state index contributed by atoms with van der Waals surface area (Å²) >= 11 is 0. The van der Waals surface area contributed by atoms with Crippen LogP contribution in [0, 0.1) is 11.8 Å². The van der Waals surface area contributed by atoms with Gasteiger partial charge in [0.2, 0.25) is 23.6 Å². The number of ketones is 1. The van der Waals surface area contributed by atoms with E-state index in [0.717, 1.165) is 38.8 Å². The summed E-state index contributed by atoms with van der Waals surface area (Å²) in [7, 11) is -2.60. The van der Waals surface area contributed by atoms with Crippen LogP contribution in [-0.2, 0) is 60.6 Å². The number of carbonyl (C=O) groups is 6. The minimum absolute atomic E-state index is 0.0212. The molecule has 0 bridgehead atoms. The number of rotatable bonds is 29. The van der Waals surface area contributed by atoms with Gasteiger partial charge in [0.05, 0.1) is 40.0 Å². The van der Waals surface area contributed by atoms with Crippen LogP contribution < -0.4 is 35.5 Å². The molecule has 5 atom stereocenters. The lowest BCUT2D eigenvalue weighted by Crippen LogP contribution is -2.60. The molecule has 1 fully saturated rings. The van der Waals surface area contributed by atoms with Gasteiger partial charge in [-0.2, -0.15) is 8.42 Å². The Hall–Kier alpha value is -6.13. The number of Topliss-reactive ketones (excluding diaryl/α,β-unsaturated/α-hetero) is 1. The van der Waals surface area contributed by atoms with E-state index in [1.54, 1.807) is 44.2 Å².